The standard InChI is InChI=1S/C24H32O2/c1-24-14-20(15-5-3-2-4-6-15)23-18-10-8-17(25)13-16(18)7-9-19(23)21(24)11-12-22(24)26/h13,15,19-21H,2-12,14H2,1H3/t19-,20+,21-,24-/m0/s1. The topological polar surface area (TPSA) is 34.1 Å². The van der Waals surface area contributed by atoms with Crippen LogP contribution in [0.15, 0.2) is 22.8 Å². The maximum absolute atomic E-state index is 12.9. The minimum absolute atomic E-state index is 0.0669. The first-order valence-corrected chi connectivity index (χ1v) is 11.1. The largest absolute Gasteiger partial charge is 0.299 e. The monoisotopic (exact) mass is 352 g/mol. The minimum atomic E-state index is -0.0669. The lowest BCUT2D eigenvalue weighted by Gasteiger charge is -2.52. The van der Waals surface area contributed by atoms with Gasteiger partial charge in [0.25, 0.3) is 0 Å². The van der Waals surface area contributed by atoms with E-state index in [9.17, 15) is 9.59 Å². The van der Waals surface area contributed by atoms with Gasteiger partial charge in [-0.2, -0.15) is 0 Å². The molecule has 140 valence electrons. The van der Waals surface area contributed by atoms with Crippen molar-refractivity contribution in [1.82, 2.24) is 0 Å². The fourth-order valence-electron chi connectivity index (χ4n) is 7.45. The molecule has 2 nitrogen and oxygen atoms in total. The molecule has 0 bridgehead atoms. The maximum Gasteiger partial charge on any atom is 0.156 e. The molecule has 4 atom stereocenters. The van der Waals surface area contributed by atoms with Gasteiger partial charge in [-0.1, -0.05) is 31.8 Å². The Balaban J connectivity index is 1.62. The molecule has 0 spiro atoms. The summed E-state index contributed by atoms with van der Waals surface area (Å²) in [6.45, 7) is 2.31. The molecule has 0 heterocycles. The number of fused-ring (bicyclic) bond motifs is 4. The number of Topliss-reactive ketones (excluding diaryl/α,β-unsaturated/α-hetero) is 1. The van der Waals surface area contributed by atoms with Crippen molar-refractivity contribution in [3.05, 3.63) is 22.8 Å². The van der Waals surface area contributed by atoms with Gasteiger partial charge in [0.05, 0.1) is 0 Å². The van der Waals surface area contributed by atoms with Crippen molar-refractivity contribution in [3.8, 4) is 0 Å². The highest BCUT2D eigenvalue weighted by molar-refractivity contribution is 5.93. The van der Waals surface area contributed by atoms with Crippen LogP contribution in [0.3, 0.4) is 0 Å². The molecule has 0 aliphatic heterocycles. The molecule has 2 heteroatoms. The van der Waals surface area contributed by atoms with Crippen molar-refractivity contribution >= 4 is 11.6 Å². The molecule has 5 aliphatic carbocycles. The molecule has 5 rings (SSSR count). The summed E-state index contributed by atoms with van der Waals surface area (Å²) >= 11 is 0. The van der Waals surface area contributed by atoms with Crippen LogP contribution in [0.25, 0.3) is 0 Å². The lowest BCUT2D eigenvalue weighted by Crippen LogP contribution is -2.46. The summed E-state index contributed by atoms with van der Waals surface area (Å²) in [5.41, 5.74) is 4.60. The molecule has 3 saturated carbocycles. The molecule has 0 unspecified atom stereocenters. The van der Waals surface area contributed by atoms with Gasteiger partial charge in [0.2, 0.25) is 0 Å². The first kappa shape index (κ1) is 17.0. The Morgan fingerprint density at radius 3 is 2.50 bits per heavy atom. The Morgan fingerprint density at radius 2 is 1.69 bits per heavy atom. The predicted octanol–water partition coefficient (Wildman–Crippen LogP) is 5.57. The van der Waals surface area contributed by atoms with E-state index < -0.39 is 0 Å². The number of ketones is 2. The van der Waals surface area contributed by atoms with Crippen molar-refractivity contribution in [3.63, 3.8) is 0 Å². The molecule has 26 heavy (non-hydrogen) atoms. The van der Waals surface area contributed by atoms with Crippen LogP contribution in [0.4, 0.5) is 0 Å². The van der Waals surface area contributed by atoms with Crippen LogP contribution in [0.1, 0.15) is 84.0 Å². The van der Waals surface area contributed by atoms with Crippen molar-refractivity contribution in [2.75, 3.05) is 0 Å². The summed E-state index contributed by atoms with van der Waals surface area (Å²) in [4.78, 5) is 24.9. The lowest BCUT2D eigenvalue weighted by atomic mass is 9.51. The first-order chi connectivity index (χ1) is 12.6. The Morgan fingerprint density at radius 1 is 0.885 bits per heavy atom. The zero-order valence-corrected chi connectivity index (χ0v) is 16.2. The Kier molecular flexibility index (Phi) is 4.03. The summed E-state index contributed by atoms with van der Waals surface area (Å²) in [7, 11) is 0. The van der Waals surface area contributed by atoms with E-state index in [1.165, 1.54) is 44.1 Å². The molecule has 0 amide bonds. The fraction of sp³-hybridized carbons (Fsp3) is 0.750. The first-order valence-electron chi connectivity index (χ1n) is 11.1. The molecule has 0 aromatic rings. The second kappa shape index (κ2) is 6.17. The van der Waals surface area contributed by atoms with Gasteiger partial charge >= 0.3 is 0 Å². The minimum Gasteiger partial charge on any atom is -0.299 e. The number of carbonyl (C=O) groups excluding carboxylic acids is 2. The van der Waals surface area contributed by atoms with Crippen LogP contribution >= 0.6 is 0 Å². The molecule has 0 N–H and O–H groups in total. The second-order valence-electron chi connectivity index (χ2n) is 9.91. The normalized spacial score (nSPS) is 40.8. The Labute approximate surface area is 157 Å². The van der Waals surface area contributed by atoms with Gasteiger partial charge in [-0.15, -0.1) is 0 Å². The summed E-state index contributed by atoms with van der Waals surface area (Å²) in [6.07, 6.45) is 15.7. The van der Waals surface area contributed by atoms with E-state index in [-0.39, 0.29) is 5.41 Å². The third-order valence-corrected chi connectivity index (χ3v) is 8.70. The summed E-state index contributed by atoms with van der Waals surface area (Å²) in [6, 6.07) is 0. The van der Waals surface area contributed by atoms with Crippen LogP contribution in [0.2, 0.25) is 0 Å². The summed E-state index contributed by atoms with van der Waals surface area (Å²) in [5.74, 6) is 3.44. The van der Waals surface area contributed by atoms with Gasteiger partial charge in [-0.3, -0.25) is 9.59 Å². The molecule has 0 aromatic carbocycles. The van der Waals surface area contributed by atoms with Gasteiger partial charge in [-0.25, -0.2) is 0 Å². The van der Waals surface area contributed by atoms with Gasteiger partial charge in [-0.05, 0) is 85.8 Å². The van der Waals surface area contributed by atoms with Crippen molar-refractivity contribution in [2.45, 2.75) is 84.0 Å². The van der Waals surface area contributed by atoms with Gasteiger partial charge in [0.15, 0.2) is 5.78 Å². The van der Waals surface area contributed by atoms with Gasteiger partial charge in [0, 0.05) is 18.3 Å². The van der Waals surface area contributed by atoms with Crippen LogP contribution in [-0.4, -0.2) is 11.6 Å². The summed E-state index contributed by atoms with van der Waals surface area (Å²) < 4.78 is 0. The average Bonchev–Trinajstić information content (AvgIpc) is 2.96. The third kappa shape index (κ3) is 2.43. The highest BCUT2D eigenvalue weighted by Gasteiger charge is 2.57. The van der Waals surface area contributed by atoms with Crippen molar-refractivity contribution < 1.29 is 9.59 Å². The number of hydrogen-bond acceptors (Lipinski definition) is 2. The number of hydrogen-bond donors (Lipinski definition) is 0. The summed E-state index contributed by atoms with van der Waals surface area (Å²) in [5, 5.41) is 0. The smallest absolute Gasteiger partial charge is 0.156 e. The SMILES string of the molecule is C[C@]12C[C@H](C3CCCCC3)C3=C4CCC(=O)C=C4CC[C@H]3[C@@H]1CCC2=O. The van der Waals surface area contributed by atoms with E-state index in [2.05, 4.69) is 6.92 Å². The molecule has 3 fully saturated rings. The molecule has 0 saturated heterocycles. The quantitative estimate of drug-likeness (QED) is 0.618. The van der Waals surface area contributed by atoms with Crippen LogP contribution in [0, 0.1) is 29.1 Å². The third-order valence-electron chi connectivity index (χ3n) is 8.70. The number of allylic oxidation sites excluding steroid dienone is 4. The highest BCUT2D eigenvalue weighted by atomic mass is 16.1. The van der Waals surface area contributed by atoms with Crippen molar-refractivity contribution in [2.24, 2.45) is 29.1 Å². The molecular weight excluding hydrogens is 320 g/mol. The van der Waals surface area contributed by atoms with E-state index in [1.54, 1.807) is 11.1 Å². The van der Waals surface area contributed by atoms with Crippen LogP contribution < -0.4 is 0 Å². The Hall–Kier alpha value is -1.18. The average molecular weight is 353 g/mol. The fourth-order valence-corrected chi connectivity index (χ4v) is 7.45. The van der Waals surface area contributed by atoms with Gasteiger partial charge < -0.3 is 0 Å². The maximum atomic E-state index is 12.9. The van der Waals surface area contributed by atoms with Crippen LogP contribution in [0.5, 0.6) is 0 Å². The van der Waals surface area contributed by atoms with Gasteiger partial charge in [0.1, 0.15) is 5.78 Å². The zero-order chi connectivity index (χ0) is 17.9. The molecule has 5 aliphatic rings. The molecule has 0 radical (unpaired) electrons. The molecule has 0 aromatic heterocycles. The van der Waals surface area contributed by atoms with E-state index >= 15 is 0 Å². The number of rotatable bonds is 1. The van der Waals surface area contributed by atoms with E-state index in [0.717, 1.165) is 38.0 Å². The van der Waals surface area contributed by atoms with Crippen molar-refractivity contribution in [1.29, 1.82) is 0 Å². The number of carbonyl (C=O) groups is 2. The lowest BCUT2D eigenvalue weighted by molar-refractivity contribution is -0.129. The van der Waals surface area contributed by atoms with E-state index in [0.29, 0.717) is 35.7 Å². The second-order valence-corrected chi connectivity index (χ2v) is 9.91. The zero-order valence-electron chi connectivity index (χ0n) is 16.2. The molecular formula is C24H32O2. The predicted molar refractivity (Wildman–Crippen MR) is 103 cm³/mol. The van der Waals surface area contributed by atoms with E-state index in [4.69, 9.17) is 0 Å². The highest BCUT2D eigenvalue weighted by Crippen LogP contribution is 2.62. The van der Waals surface area contributed by atoms with E-state index in [1.807, 2.05) is 6.08 Å². The van der Waals surface area contributed by atoms with Crippen LogP contribution in [-0.2, 0) is 9.59 Å². The Bertz CT molecular complexity index is 706.